The summed E-state index contributed by atoms with van der Waals surface area (Å²) in [7, 11) is 0. The maximum atomic E-state index is 11.1. The fourth-order valence-corrected chi connectivity index (χ4v) is 1.49. The summed E-state index contributed by atoms with van der Waals surface area (Å²) in [6, 6.07) is 0. The van der Waals surface area contributed by atoms with Gasteiger partial charge in [0.05, 0.1) is 5.33 Å². The van der Waals surface area contributed by atoms with Gasteiger partial charge in [-0.05, 0) is 18.9 Å². The number of allylic oxidation sites excluding steroid dienone is 4. The first-order chi connectivity index (χ1) is 5.24. The summed E-state index contributed by atoms with van der Waals surface area (Å²) in [6.45, 7) is 0. The van der Waals surface area contributed by atoms with Gasteiger partial charge in [0.15, 0.2) is 5.78 Å². The molecule has 0 spiro atoms. The molecule has 3 heteroatoms. The lowest BCUT2D eigenvalue weighted by atomic mass is 10.0. The van der Waals surface area contributed by atoms with E-state index < -0.39 is 0 Å². The second kappa shape index (κ2) is 4.07. The van der Waals surface area contributed by atoms with Crippen molar-refractivity contribution in [2.45, 2.75) is 12.8 Å². The zero-order valence-corrected chi connectivity index (χ0v) is 8.28. The molecule has 0 unspecified atom stereocenters. The second-order valence-corrected chi connectivity index (χ2v) is 3.39. The van der Waals surface area contributed by atoms with E-state index in [0.29, 0.717) is 5.33 Å². The minimum atomic E-state index is 0.0999. The third-order valence-corrected chi connectivity index (χ3v) is 2.31. The Labute approximate surface area is 79.2 Å². The smallest absolute Gasteiger partial charge is 0.173 e. The lowest BCUT2D eigenvalue weighted by Gasteiger charge is -2.06. The molecule has 0 aromatic heterocycles. The summed E-state index contributed by atoms with van der Waals surface area (Å²) < 4.78 is 0. The van der Waals surface area contributed by atoms with Gasteiger partial charge in [-0.1, -0.05) is 33.6 Å². The zero-order valence-electron chi connectivity index (χ0n) is 5.94. The van der Waals surface area contributed by atoms with Crippen molar-refractivity contribution in [1.82, 2.24) is 0 Å². The van der Waals surface area contributed by atoms with Crippen molar-refractivity contribution in [3.05, 3.63) is 22.8 Å². The van der Waals surface area contributed by atoms with Crippen LogP contribution in [0.2, 0.25) is 0 Å². The van der Waals surface area contributed by atoms with Crippen molar-refractivity contribution in [2.75, 3.05) is 5.33 Å². The number of ketones is 1. The molecule has 0 aromatic carbocycles. The normalized spacial score (nSPS) is 17.3. The van der Waals surface area contributed by atoms with Crippen LogP contribution in [0.15, 0.2) is 22.8 Å². The van der Waals surface area contributed by atoms with Crippen LogP contribution in [0.25, 0.3) is 0 Å². The molecule has 0 radical (unpaired) electrons. The van der Waals surface area contributed by atoms with E-state index in [4.69, 9.17) is 11.6 Å². The highest BCUT2D eigenvalue weighted by molar-refractivity contribution is 9.09. The Hall–Kier alpha value is -0.0800. The molecule has 0 atom stereocenters. The molecule has 0 heterocycles. The molecule has 1 aliphatic rings. The van der Waals surface area contributed by atoms with Crippen LogP contribution in [0.5, 0.6) is 0 Å². The third kappa shape index (κ3) is 2.46. The Morgan fingerprint density at radius 2 is 2.45 bits per heavy atom. The Bertz CT molecular complexity index is 230. The van der Waals surface area contributed by atoms with Crippen molar-refractivity contribution in [2.24, 2.45) is 0 Å². The van der Waals surface area contributed by atoms with E-state index in [1.165, 1.54) is 0 Å². The molecule has 0 bridgehead atoms. The predicted octanol–water partition coefficient (Wildman–Crippen LogP) is 2.79. The molecule has 1 aliphatic carbocycles. The summed E-state index contributed by atoms with van der Waals surface area (Å²) in [5, 5.41) is 1.15. The topological polar surface area (TPSA) is 17.1 Å². The lowest BCUT2D eigenvalue weighted by Crippen LogP contribution is -2.03. The summed E-state index contributed by atoms with van der Waals surface area (Å²) in [4.78, 5) is 11.1. The average molecular weight is 236 g/mol. The Kier molecular flexibility index (Phi) is 3.34. The molecule has 0 fully saturated rings. The number of carbonyl (C=O) groups is 1. The van der Waals surface area contributed by atoms with E-state index in [-0.39, 0.29) is 5.78 Å². The molecule has 0 amide bonds. The van der Waals surface area contributed by atoms with Gasteiger partial charge < -0.3 is 0 Å². The SMILES string of the molecule is O=C(CBr)C1=CCCC(Cl)=C1. The van der Waals surface area contributed by atoms with Gasteiger partial charge in [-0.25, -0.2) is 0 Å². The lowest BCUT2D eigenvalue weighted by molar-refractivity contribution is -0.112. The number of alkyl halides is 1. The fourth-order valence-electron chi connectivity index (χ4n) is 0.937. The van der Waals surface area contributed by atoms with Crippen molar-refractivity contribution < 1.29 is 4.79 Å². The number of carbonyl (C=O) groups excluding carboxylic acids is 1. The van der Waals surface area contributed by atoms with E-state index in [0.717, 1.165) is 23.4 Å². The van der Waals surface area contributed by atoms with E-state index >= 15 is 0 Å². The van der Waals surface area contributed by atoms with E-state index in [9.17, 15) is 4.79 Å². The monoisotopic (exact) mass is 234 g/mol. The average Bonchev–Trinajstić information content (AvgIpc) is 2.03. The minimum absolute atomic E-state index is 0.0999. The van der Waals surface area contributed by atoms with Crippen molar-refractivity contribution in [3.8, 4) is 0 Å². The first-order valence-electron chi connectivity index (χ1n) is 3.39. The fraction of sp³-hybridized carbons (Fsp3) is 0.375. The van der Waals surface area contributed by atoms with Crippen LogP contribution in [-0.2, 0) is 4.79 Å². The highest BCUT2D eigenvalue weighted by Crippen LogP contribution is 2.20. The van der Waals surface area contributed by atoms with E-state index in [1.54, 1.807) is 6.08 Å². The molecular formula is C8H8BrClO. The summed E-state index contributed by atoms with van der Waals surface area (Å²) in [6.07, 6.45) is 5.41. The summed E-state index contributed by atoms with van der Waals surface area (Å²) >= 11 is 8.87. The van der Waals surface area contributed by atoms with Gasteiger partial charge in [0, 0.05) is 10.6 Å². The first-order valence-corrected chi connectivity index (χ1v) is 4.89. The quantitative estimate of drug-likeness (QED) is 0.673. The van der Waals surface area contributed by atoms with Gasteiger partial charge in [-0.3, -0.25) is 4.79 Å². The molecule has 0 saturated heterocycles. The van der Waals surface area contributed by atoms with Gasteiger partial charge in [-0.15, -0.1) is 0 Å². The highest BCUT2D eigenvalue weighted by Gasteiger charge is 2.09. The standard InChI is InChI=1S/C8H8BrClO/c9-5-8(11)6-2-1-3-7(10)4-6/h2,4H,1,3,5H2. The third-order valence-electron chi connectivity index (χ3n) is 1.50. The van der Waals surface area contributed by atoms with Crippen LogP contribution in [-0.4, -0.2) is 11.1 Å². The maximum absolute atomic E-state index is 11.1. The molecule has 11 heavy (non-hydrogen) atoms. The van der Waals surface area contributed by atoms with Crippen LogP contribution in [0.1, 0.15) is 12.8 Å². The van der Waals surface area contributed by atoms with Crippen LogP contribution in [0.4, 0.5) is 0 Å². The van der Waals surface area contributed by atoms with E-state index in [2.05, 4.69) is 15.9 Å². The van der Waals surface area contributed by atoms with E-state index in [1.807, 2.05) is 6.08 Å². The zero-order chi connectivity index (χ0) is 8.27. The predicted molar refractivity (Wildman–Crippen MR) is 50.1 cm³/mol. The number of Topliss-reactive ketones (excluding diaryl/α,β-unsaturated/α-hetero) is 1. The largest absolute Gasteiger partial charge is 0.293 e. The Balaban J connectivity index is 2.73. The van der Waals surface area contributed by atoms with Crippen LogP contribution in [0, 0.1) is 0 Å². The Morgan fingerprint density at radius 1 is 1.73 bits per heavy atom. The molecule has 0 aliphatic heterocycles. The van der Waals surface area contributed by atoms with Gasteiger partial charge in [0.2, 0.25) is 0 Å². The number of hydrogen-bond donors (Lipinski definition) is 0. The minimum Gasteiger partial charge on any atom is -0.293 e. The molecule has 0 N–H and O–H groups in total. The summed E-state index contributed by atoms with van der Waals surface area (Å²) in [5.41, 5.74) is 0.734. The second-order valence-electron chi connectivity index (χ2n) is 2.35. The van der Waals surface area contributed by atoms with Crippen LogP contribution in [0.3, 0.4) is 0 Å². The van der Waals surface area contributed by atoms with Crippen molar-refractivity contribution >= 4 is 33.3 Å². The molecule has 60 valence electrons. The molecule has 0 saturated carbocycles. The first kappa shape index (κ1) is 9.01. The number of hydrogen-bond acceptors (Lipinski definition) is 1. The van der Waals surface area contributed by atoms with Gasteiger partial charge in [0.1, 0.15) is 0 Å². The molecule has 1 nitrogen and oxygen atoms in total. The van der Waals surface area contributed by atoms with Crippen molar-refractivity contribution in [1.29, 1.82) is 0 Å². The number of rotatable bonds is 2. The summed E-state index contributed by atoms with van der Waals surface area (Å²) in [5.74, 6) is 0.0999. The van der Waals surface area contributed by atoms with Crippen LogP contribution < -0.4 is 0 Å². The highest BCUT2D eigenvalue weighted by atomic mass is 79.9. The molecule has 0 aromatic rings. The van der Waals surface area contributed by atoms with Crippen LogP contribution >= 0.6 is 27.5 Å². The van der Waals surface area contributed by atoms with Gasteiger partial charge in [-0.2, -0.15) is 0 Å². The molecular weight excluding hydrogens is 227 g/mol. The number of halogens is 2. The van der Waals surface area contributed by atoms with Gasteiger partial charge >= 0.3 is 0 Å². The maximum Gasteiger partial charge on any atom is 0.173 e. The van der Waals surface area contributed by atoms with Crippen molar-refractivity contribution in [3.63, 3.8) is 0 Å². The van der Waals surface area contributed by atoms with Gasteiger partial charge in [0.25, 0.3) is 0 Å². The Morgan fingerprint density at radius 3 is 3.00 bits per heavy atom. The molecule has 1 rings (SSSR count).